The first kappa shape index (κ1) is 18.6. The molecule has 0 atom stereocenters. The van der Waals surface area contributed by atoms with E-state index in [0.29, 0.717) is 17.7 Å². The molecule has 0 radical (unpaired) electrons. The molecule has 2 aromatic carbocycles. The highest BCUT2D eigenvalue weighted by molar-refractivity contribution is 7.98. The lowest BCUT2D eigenvalue weighted by molar-refractivity contribution is 0.0948. The summed E-state index contributed by atoms with van der Waals surface area (Å²) in [5.41, 5.74) is 2.98. The number of carbonyl (C=O) groups excluding carboxylic acids is 1. The second-order valence-electron chi connectivity index (χ2n) is 5.91. The molecule has 0 fully saturated rings. The van der Waals surface area contributed by atoms with Gasteiger partial charge in [0, 0.05) is 22.6 Å². The van der Waals surface area contributed by atoms with E-state index in [1.165, 1.54) is 6.07 Å². The molecular formula is C20H19FN2OS2. The summed E-state index contributed by atoms with van der Waals surface area (Å²) in [4.78, 5) is 17.9. The van der Waals surface area contributed by atoms with E-state index in [9.17, 15) is 9.18 Å². The highest BCUT2D eigenvalue weighted by atomic mass is 32.2. The van der Waals surface area contributed by atoms with Crippen LogP contribution in [-0.2, 0) is 12.3 Å². The average molecular weight is 387 g/mol. The summed E-state index contributed by atoms with van der Waals surface area (Å²) in [7, 11) is 0. The Bertz CT molecular complexity index is 924. The number of thioether (sulfide) groups is 1. The Morgan fingerprint density at radius 2 is 2.04 bits per heavy atom. The third-order valence-electron chi connectivity index (χ3n) is 3.86. The Hall–Kier alpha value is -2.18. The van der Waals surface area contributed by atoms with E-state index in [-0.39, 0.29) is 11.7 Å². The SMILES string of the molecule is Cc1nc(CSc2ccccc2C(=O)NCc2ccc(C)c(F)c2)cs1. The van der Waals surface area contributed by atoms with Gasteiger partial charge in [-0.1, -0.05) is 24.3 Å². The van der Waals surface area contributed by atoms with Gasteiger partial charge in [0.25, 0.3) is 5.91 Å². The molecule has 0 saturated carbocycles. The van der Waals surface area contributed by atoms with Gasteiger partial charge < -0.3 is 5.32 Å². The van der Waals surface area contributed by atoms with Gasteiger partial charge in [-0.2, -0.15) is 0 Å². The fourth-order valence-electron chi connectivity index (χ4n) is 2.43. The third kappa shape index (κ3) is 4.71. The van der Waals surface area contributed by atoms with Gasteiger partial charge in [-0.15, -0.1) is 23.1 Å². The highest BCUT2D eigenvalue weighted by Crippen LogP contribution is 2.27. The maximum absolute atomic E-state index is 13.6. The van der Waals surface area contributed by atoms with Crippen LogP contribution in [0.25, 0.3) is 0 Å². The minimum atomic E-state index is -0.258. The van der Waals surface area contributed by atoms with Crippen LogP contribution in [0.2, 0.25) is 0 Å². The molecule has 3 rings (SSSR count). The number of amides is 1. The largest absolute Gasteiger partial charge is 0.348 e. The molecule has 1 amide bonds. The van der Waals surface area contributed by atoms with Crippen molar-refractivity contribution < 1.29 is 9.18 Å². The molecule has 0 aliphatic carbocycles. The molecule has 6 heteroatoms. The number of aromatic nitrogens is 1. The minimum absolute atomic E-state index is 0.163. The normalized spacial score (nSPS) is 10.7. The lowest BCUT2D eigenvalue weighted by Crippen LogP contribution is -2.23. The molecular weight excluding hydrogens is 367 g/mol. The number of benzene rings is 2. The van der Waals surface area contributed by atoms with Crippen molar-refractivity contribution in [2.45, 2.75) is 31.0 Å². The molecule has 134 valence electrons. The number of carbonyl (C=O) groups is 1. The van der Waals surface area contributed by atoms with Gasteiger partial charge in [0.05, 0.1) is 16.3 Å². The maximum atomic E-state index is 13.6. The molecule has 1 heterocycles. The zero-order valence-corrected chi connectivity index (χ0v) is 16.2. The first-order valence-corrected chi connectivity index (χ1v) is 10.1. The number of aryl methyl sites for hydroxylation is 2. The summed E-state index contributed by atoms with van der Waals surface area (Å²) in [6.07, 6.45) is 0. The predicted octanol–water partition coefficient (Wildman–Crippen LogP) is 5.12. The van der Waals surface area contributed by atoms with Crippen LogP contribution in [0.5, 0.6) is 0 Å². The van der Waals surface area contributed by atoms with E-state index in [1.807, 2.05) is 36.6 Å². The summed E-state index contributed by atoms with van der Waals surface area (Å²) < 4.78 is 13.6. The highest BCUT2D eigenvalue weighted by Gasteiger charge is 2.12. The summed E-state index contributed by atoms with van der Waals surface area (Å²) >= 11 is 3.21. The summed E-state index contributed by atoms with van der Waals surface area (Å²) in [6, 6.07) is 12.5. The molecule has 0 bridgehead atoms. The van der Waals surface area contributed by atoms with Crippen LogP contribution in [-0.4, -0.2) is 10.9 Å². The monoisotopic (exact) mass is 386 g/mol. The first-order chi connectivity index (χ1) is 12.5. The van der Waals surface area contributed by atoms with E-state index in [0.717, 1.165) is 26.9 Å². The van der Waals surface area contributed by atoms with Gasteiger partial charge in [-0.25, -0.2) is 9.37 Å². The lowest BCUT2D eigenvalue weighted by Gasteiger charge is -2.10. The van der Waals surface area contributed by atoms with Gasteiger partial charge in [0.1, 0.15) is 5.82 Å². The Balaban J connectivity index is 1.66. The van der Waals surface area contributed by atoms with Crippen molar-refractivity contribution in [2.75, 3.05) is 0 Å². The summed E-state index contributed by atoms with van der Waals surface area (Å²) in [6.45, 7) is 3.99. The lowest BCUT2D eigenvalue weighted by atomic mass is 10.1. The van der Waals surface area contributed by atoms with E-state index < -0.39 is 0 Å². The number of halogens is 1. The number of nitrogens with one attached hydrogen (secondary N) is 1. The van der Waals surface area contributed by atoms with Gasteiger partial charge >= 0.3 is 0 Å². The molecule has 0 saturated heterocycles. The Morgan fingerprint density at radius 3 is 2.77 bits per heavy atom. The van der Waals surface area contributed by atoms with Crippen LogP contribution < -0.4 is 5.32 Å². The van der Waals surface area contributed by atoms with Gasteiger partial charge in [0.15, 0.2) is 0 Å². The van der Waals surface area contributed by atoms with Crippen molar-refractivity contribution in [1.82, 2.24) is 10.3 Å². The quantitative estimate of drug-likeness (QED) is 0.598. The van der Waals surface area contributed by atoms with Crippen LogP contribution in [0.3, 0.4) is 0 Å². The smallest absolute Gasteiger partial charge is 0.252 e. The zero-order chi connectivity index (χ0) is 18.5. The van der Waals surface area contributed by atoms with Gasteiger partial charge in [0.2, 0.25) is 0 Å². The molecule has 26 heavy (non-hydrogen) atoms. The molecule has 0 aliphatic rings. The Morgan fingerprint density at radius 1 is 1.23 bits per heavy atom. The minimum Gasteiger partial charge on any atom is -0.348 e. The number of hydrogen-bond acceptors (Lipinski definition) is 4. The van der Waals surface area contributed by atoms with E-state index in [4.69, 9.17) is 0 Å². The predicted molar refractivity (Wildman–Crippen MR) is 105 cm³/mol. The van der Waals surface area contributed by atoms with E-state index in [1.54, 1.807) is 42.2 Å². The number of thiazole rings is 1. The van der Waals surface area contributed by atoms with Crippen molar-refractivity contribution in [2.24, 2.45) is 0 Å². The number of rotatable bonds is 6. The standard InChI is InChI=1S/C20H19FN2OS2/c1-13-7-8-15(9-18(13)21)10-22-20(24)17-5-3-4-6-19(17)26-12-16-11-25-14(2)23-16/h3-9,11H,10,12H2,1-2H3,(H,22,24). The van der Waals surface area contributed by atoms with E-state index in [2.05, 4.69) is 10.3 Å². The average Bonchev–Trinajstić information content (AvgIpc) is 3.06. The summed E-state index contributed by atoms with van der Waals surface area (Å²) in [5, 5.41) is 5.95. The molecule has 3 aromatic rings. The van der Waals surface area contributed by atoms with E-state index >= 15 is 0 Å². The van der Waals surface area contributed by atoms with Gasteiger partial charge in [-0.05, 0) is 43.2 Å². The second kappa shape index (κ2) is 8.47. The van der Waals surface area contributed by atoms with Crippen LogP contribution in [0.4, 0.5) is 4.39 Å². The molecule has 0 spiro atoms. The Labute approximate surface area is 160 Å². The number of hydrogen-bond donors (Lipinski definition) is 1. The van der Waals surface area contributed by atoms with Crippen LogP contribution >= 0.6 is 23.1 Å². The van der Waals surface area contributed by atoms with Crippen molar-refractivity contribution in [3.05, 3.63) is 81.1 Å². The van der Waals surface area contributed by atoms with Crippen molar-refractivity contribution >= 4 is 29.0 Å². The van der Waals surface area contributed by atoms with Crippen LogP contribution in [0.1, 0.15) is 32.2 Å². The molecule has 0 aliphatic heterocycles. The topological polar surface area (TPSA) is 42.0 Å². The molecule has 0 unspecified atom stereocenters. The van der Waals surface area contributed by atoms with Crippen molar-refractivity contribution in [1.29, 1.82) is 0 Å². The Kier molecular flexibility index (Phi) is 6.06. The fraction of sp³-hybridized carbons (Fsp3) is 0.200. The zero-order valence-electron chi connectivity index (χ0n) is 14.6. The van der Waals surface area contributed by atoms with Crippen molar-refractivity contribution in [3.8, 4) is 0 Å². The van der Waals surface area contributed by atoms with Crippen LogP contribution in [0.15, 0.2) is 52.7 Å². The van der Waals surface area contributed by atoms with Crippen molar-refractivity contribution in [3.63, 3.8) is 0 Å². The maximum Gasteiger partial charge on any atom is 0.252 e. The fourth-order valence-corrected chi connectivity index (χ4v) is 4.09. The van der Waals surface area contributed by atoms with Crippen LogP contribution in [0, 0.1) is 19.7 Å². The molecule has 1 aromatic heterocycles. The number of nitrogens with zero attached hydrogens (tertiary/aromatic N) is 1. The summed E-state index contributed by atoms with van der Waals surface area (Å²) in [5.74, 6) is 0.299. The first-order valence-electron chi connectivity index (χ1n) is 8.19. The van der Waals surface area contributed by atoms with Gasteiger partial charge in [-0.3, -0.25) is 4.79 Å². The second-order valence-corrected chi connectivity index (χ2v) is 7.99. The molecule has 1 N–H and O–H groups in total. The third-order valence-corrected chi connectivity index (χ3v) is 5.79. The molecule has 3 nitrogen and oxygen atoms in total.